The van der Waals surface area contributed by atoms with Gasteiger partial charge >= 0.3 is 5.97 Å². The predicted octanol–water partition coefficient (Wildman–Crippen LogP) is 3.18. The molecule has 2 rings (SSSR count). The van der Waals surface area contributed by atoms with E-state index >= 15 is 0 Å². The second kappa shape index (κ2) is 9.58. The molecule has 0 saturated carbocycles. The van der Waals surface area contributed by atoms with Crippen LogP contribution in [-0.4, -0.2) is 30.7 Å². The molecule has 6 nitrogen and oxygen atoms in total. The fourth-order valence-electron chi connectivity index (χ4n) is 2.36. The molecule has 0 amide bonds. The van der Waals surface area contributed by atoms with Gasteiger partial charge in [-0.3, -0.25) is 14.9 Å². The maximum Gasteiger partial charge on any atom is 0.303 e. The number of Topliss-reactive ketones (excluding diaryl/α,β-unsaturated/α-hetero) is 1. The summed E-state index contributed by atoms with van der Waals surface area (Å²) in [6.07, 6.45) is -0.244. The molecule has 2 aromatic rings. The van der Waals surface area contributed by atoms with Gasteiger partial charge in [-0.15, -0.1) is 0 Å². The largest absolute Gasteiger partial charge is 0.493 e. The number of ketones is 1. The molecule has 138 valence electrons. The van der Waals surface area contributed by atoms with E-state index in [0.717, 1.165) is 5.56 Å². The summed E-state index contributed by atoms with van der Waals surface area (Å²) in [5.41, 5.74) is 2.75. The number of carbonyl (C=O) groups excluding carboxylic acids is 1. The lowest BCUT2D eigenvalue weighted by molar-refractivity contribution is -0.136. The summed E-state index contributed by atoms with van der Waals surface area (Å²) in [6, 6.07) is 13.0. The molecular weight excluding hydrogens is 334 g/mol. The van der Waals surface area contributed by atoms with Gasteiger partial charge in [0.2, 0.25) is 0 Å². The van der Waals surface area contributed by atoms with E-state index in [9.17, 15) is 9.59 Å². The summed E-state index contributed by atoms with van der Waals surface area (Å²) in [6.45, 7) is 2.94. The van der Waals surface area contributed by atoms with Crippen molar-refractivity contribution in [1.82, 2.24) is 5.32 Å². The van der Waals surface area contributed by atoms with Gasteiger partial charge in [0, 0.05) is 18.5 Å². The van der Waals surface area contributed by atoms with Crippen LogP contribution in [0.5, 0.6) is 11.5 Å². The van der Waals surface area contributed by atoms with Crippen LogP contribution in [0, 0.1) is 6.92 Å². The first kappa shape index (κ1) is 19.5. The van der Waals surface area contributed by atoms with Crippen LogP contribution < -0.4 is 14.8 Å². The van der Waals surface area contributed by atoms with Crippen molar-refractivity contribution in [2.75, 3.05) is 13.8 Å². The topological polar surface area (TPSA) is 84.9 Å². The van der Waals surface area contributed by atoms with Crippen molar-refractivity contribution in [1.29, 1.82) is 0 Å². The molecule has 0 atom stereocenters. The van der Waals surface area contributed by atoms with Crippen molar-refractivity contribution in [3.63, 3.8) is 0 Å². The van der Waals surface area contributed by atoms with Crippen molar-refractivity contribution in [3.05, 3.63) is 59.2 Å². The zero-order valence-corrected chi connectivity index (χ0v) is 15.0. The number of rotatable bonds is 10. The standard InChI is InChI=1S/C20H23NO5/c1-14-3-5-15(6-4-14)12-21-13-26-19-11-16(7-9-18(19)25-2)17(22)8-10-20(23)24/h3-7,9,11,21H,8,10,12-13H2,1-2H3,(H,23,24). The third-order valence-electron chi connectivity index (χ3n) is 3.83. The molecule has 0 radical (unpaired) electrons. The highest BCUT2D eigenvalue weighted by atomic mass is 16.5. The minimum Gasteiger partial charge on any atom is -0.493 e. The van der Waals surface area contributed by atoms with E-state index in [2.05, 4.69) is 5.32 Å². The fraction of sp³-hybridized carbons (Fsp3) is 0.300. The fourth-order valence-corrected chi connectivity index (χ4v) is 2.36. The smallest absolute Gasteiger partial charge is 0.303 e. The number of aryl methyl sites for hydroxylation is 1. The van der Waals surface area contributed by atoms with E-state index in [1.54, 1.807) is 18.2 Å². The van der Waals surface area contributed by atoms with Crippen LogP contribution in [-0.2, 0) is 11.3 Å². The lowest BCUT2D eigenvalue weighted by Crippen LogP contribution is -2.20. The Bertz CT molecular complexity index is 755. The lowest BCUT2D eigenvalue weighted by atomic mass is 10.1. The Kier molecular flexibility index (Phi) is 7.17. The summed E-state index contributed by atoms with van der Waals surface area (Å²) >= 11 is 0. The van der Waals surface area contributed by atoms with Crippen LogP contribution in [0.2, 0.25) is 0 Å². The van der Waals surface area contributed by atoms with E-state index in [-0.39, 0.29) is 25.4 Å². The van der Waals surface area contributed by atoms with Crippen molar-refractivity contribution in [3.8, 4) is 11.5 Å². The molecular formula is C20H23NO5. The van der Waals surface area contributed by atoms with Crippen molar-refractivity contribution in [2.24, 2.45) is 0 Å². The zero-order chi connectivity index (χ0) is 18.9. The summed E-state index contributed by atoms with van der Waals surface area (Å²) in [5.74, 6) is -0.293. The molecule has 6 heteroatoms. The van der Waals surface area contributed by atoms with Crippen molar-refractivity contribution < 1.29 is 24.2 Å². The van der Waals surface area contributed by atoms with Gasteiger partial charge in [0.25, 0.3) is 0 Å². The van der Waals surface area contributed by atoms with Crippen molar-refractivity contribution in [2.45, 2.75) is 26.3 Å². The van der Waals surface area contributed by atoms with E-state index < -0.39 is 5.97 Å². The third kappa shape index (κ3) is 5.89. The number of carbonyl (C=O) groups is 2. The molecule has 0 aromatic heterocycles. The number of hydrogen-bond acceptors (Lipinski definition) is 5. The first-order valence-corrected chi connectivity index (χ1v) is 8.31. The number of carboxylic acids is 1. The molecule has 0 aliphatic rings. The molecule has 2 N–H and O–H groups in total. The van der Waals surface area contributed by atoms with Gasteiger partial charge in [0.15, 0.2) is 17.3 Å². The second-order valence-electron chi connectivity index (χ2n) is 5.88. The second-order valence-corrected chi connectivity index (χ2v) is 5.88. The number of ether oxygens (including phenoxy) is 2. The van der Waals surface area contributed by atoms with Crippen LogP contribution in [0.25, 0.3) is 0 Å². The average molecular weight is 357 g/mol. The Hall–Kier alpha value is -2.86. The van der Waals surface area contributed by atoms with Gasteiger partial charge in [-0.1, -0.05) is 29.8 Å². The Morgan fingerprint density at radius 2 is 1.77 bits per heavy atom. The molecule has 0 saturated heterocycles. The summed E-state index contributed by atoms with van der Waals surface area (Å²) < 4.78 is 10.9. The summed E-state index contributed by atoms with van der Waals surface area (Å²) in [4.78, 5) is 22.7. The minimum atomic E-state index is -0.997. The van der Waals surface area contributed by atoms with E-state index in [0.29, 0.717) is 23.6 Å². The number of benzene rings is 2. The number of hydrogen-bond donors (Lipinski definition) is 2. The first-order chi connectivity index (χ1) is 12.5. The van der Waals surface area contributed by atoms with Crippen LogP contribution in [0.4, 0.5) is 0 Å². The van der Waals surface area contributed by atoms with E-state index in [1.165, 1.54) is 12.7 Å². The molecule has 26 heavy (non-hydrogen) atoms. The Morgan fingerprint density at radius 3 is 2.42 bits per heavy atom. The van der Waals surface area contributed by atoms with Gasteiger partial charge in [0.1, 0.15) is 6.73 Å². The number of methoxy groups -OCH3 is 1. The minimum absolute atomic E-state index is 0.0488. The first-order valence-electron chi connectivity index (χ1n) is 8.31. The van der Waals surface area contributed by atoms with Gasteiger partial charge in [-0.2, -0.15) is 0 Å². The quantitative estimate of drug-likeness (QED) is 0.386. The number of carboxylic acid groups (broad SMARTS) is 1. The molecule has 2 aromatic carbocycles. The Balaban J connectivity index is 1.93. The summed E-state index contributed by atoms with van der Waals surface area (Å²) in [7, 11) is 1.52. The summed E-state index contributed by atoms with van der Waals surface area (Å²) in [5, 5.41) is 11.9. The maximum absolute atomic E-state index is 12.1. The van der Waals surface area contributed by atoms with Gasteiger partial charge < -0.3 is 14.6 Å². The maximum atomic E-state index is 12.1. The van der Waals surface area contributed by atoms with Crippen LogP contribution in [0.3, 0.4) is 0 Å². The normalized spacial score (nSPS) is 10.4. The molecule has 0 bridgehead atoms. The number of aliphatic carboxylic acids is 1. The highest BCUT2D eigenvalue weighted by molar-refractivity contribution is 5.98. The molecule has 0 aliphatic heterocycles. The Morgan fingerprint density at radius 1 is 1.04 bits per heavy atom. The molecule has 0 unspecified atom stereocenters. The highest BCUT2D eigenvalue weighted by Crippen LogP contribution is 2.28. The van der Waals surface area contributed by atoms with Crippen LogP contribution in [0.15, 0.2) is 42.5 Å². The zero-order valence-electron chi connectivity index (χ0n) is 15.0. The SMILES string of the molecule is COc1ccc(C(=O)CCC(=O)O)cc1OCNCc1ccc(C)cc1. The molecule has 0 spiro atoms. The van der Waals surface area contributed by atoms with E-state index in [4.69, 9.17) is 14.6 Å². The molecule has 0 aliphatic carbocycles. The molecule has 0 fully saturated rings. The highest BCUT2D eigenvalue weighted by Gasteiger charge is 2.12. The lowest BCUT2D eigenvalue weighted by Gasteiger charge is -2.13. The van der Waals surface area contributed by atoms with Crippen LogP contribution in [0.1, 0.15) is 34.3 Å². The van der Waals surface area contributed by atoms with Gasteiger partial charge in [-0.05, 0) is 30.7 Å². The third-order valence-corrected chi connectivity index (χ3v) is 3.83. The Labute approximate surface area is 152 Å². The predicted molar refractivity (Wildman–Crippen MR) is 97.7 cm³/mol. The average Bonchev–Trinajstić information content (AvgIpc) is 2.64. The van der Waals surface area contributed by atoms with Crippen LogP contribution >= 0.6 is 0 Å². The molecule has 0 heterocycles. The van der Waals surface area contributed by atoms with E-state index in [1.807, 2.05) is 31.2 Å². The monoisotopic (exact) mass is 357 g/mol. The van der Waals surface area contributed by atoms with Gasteiger partial charge in [0.05, 0.1) is 13.5 Å². The van der Waals surface area contributed by atoms with Crippen molar-refractivity contribution >= 4 is 11.8 Å². The van der Waals surface area contributed by atoms with Gasteiger partial charge in [-0.25, -0.2) is 0 Å². The number of nitrogens with one attached hydrogen (secondary N) is 1.